The molecule has 132 valence electrons. The molecule has 8 heteroatoms. The van der Waals surface area contributed by atoms with Crippen LogP contribution >= 0.6 is 24.8 Å². The first-order valence-electron chi connectivity index (χ1n) is 7.27. The molecule has 1 saturated heterocycles. The van der Waals surface area contributed by atoms with Crippen LogP contribution in [0.15, 0.2) is 18.2 Å². The van der Waals surface area contributed by atoms with Crippen LogP contribution in [0.5, 0.6) is 0 Å². The molecule has 0 atom stereocenters. The lowest BCUT2D eigenvalue weighted by atomic mass is 10.2. The van der Waals surface area contributed by atoms with E-state index in [-0.39, 0.29) is 36.5 Å². The second-order valence-electron chi connectivity index (χ2n) is 5.05. The van der Waals surface area contributed by atoms with E-state index in [1.165, 1.54) is 12.1 Å². The van der Waals surface area contributed by atoms with Crippen LogP contribution < -0.4 is 15.5 Å². The average molecular weight is 368 g/mol. The number of nitrogens with one attached hydrogen (secondary N) is 2. The molecule has 1 fully saturated rings. The Hall–Kier alpha value is -1.08. The molecule has 5 nitrogen and oxygen atoms in total. The summed E-state index contributed by atoms with van der Waals surface area (Å²) < 4.78 is 19.0. The van der Waals surface area contributed by atoms with Crippen molar-refractivity contribution >= 4 is 42.1 Å². The molecule has 1 heterocycles. The molecule has 0 aromatic heterocycles. The first kappa shape index (κ1) is 21.9. The molecule has 1 aliphatic heterocycles. The third-order valence-electron chi connectivity index (χ3n) is 3.37. The van der Waals surface area contributed by atoms with E-state index in [2.05, 4.69) is 15.5 Å². The molecule has 2 rings (SSSR count). The van der Waals surface area contributed by atoms with Gasteiger partial charge in [0.15, 0.2) is 0 Å². The topological polar surface area (TPSA) is 53.6 Å². The molecule has 23 heavy (non-hydrogen) atoms. The molecule has 1 aliphatic rings. The molecule has 0 unspecified atom stereocenters. The molecule has 2 N–H and O–H groups in total. The third-order valence-corrected chi connectivity index (χ3v) is 3.37. The van der Waals surface area contributed by atoms with Crippen molar-refractivity contribution < 1.29 is 13.9 Å². The Kier molecular flexibility index (Phi) is 10.9. The number of hydrogen-bond acceptors (Lipinski definition) is 4. The molecule has 0 aliphatic carbocycles. The zero-order valence-corrected chi connectivity index (χ0v) is 14.8. The van der Waals surface area contributed by atoms with Gasteiger partial charge in [0, 0.05) is 30.9 Å². The van der Waals surface area contributed by atoms with Crippen molar-refractivity contribution in [2.24, 2.45) is 0 Å². The van der Waals surface area contributed by atoms with Crippen LogP contribution in [-0.4, -0.2) is 45.8 Å². The maximum absolute atomic E-state index is 13.7. The van der Waals surface area contributed by atoms with Crippen molar-refractivity contribution in [2.45, 2.75) is 12.8 Å². The van der Waals surface area contributed by atoms with Gasteiger partial charge >= 0.3 is 0 Å². The van der Waals surface area contributed by atoms with E-state index in [0.717, 1.165) is 31.7 Å². The SMILES string of the molecule is CNCCCC(=O)Nc1cc(F)cc(N2CCOCC2)c1.Cl.Cl. The van der Waals surface area contributed by atoms with E-state index in [1.54, 1.807) is 0 Å². The van der Waals surface area contributed by atoms with Gasteiger partial charge in [0.1, 0.15) is 5.82 Å². The van der Waals surface area contributed by atoms with Gasteiger partial charge < -0.3 is 20.3 Å². The normalized spacial score (nSPS) is 13.7. The van der Waals surface area contributed by atoms with Crippen LogP contribution in [0.4, 0.5) is 15.8 Å². The highest BCUT2D eigenvalue weighted by Gasteiger charge is 2.13. The fourth-order valence-electron chi connectivity index (χ4n) is 2.30. The molecule has 0 spiro atoms. The lowest BCUT2D eigenvalue weighted by molar-refractivity contribution is -0.116. The van der Waals surface area contributed by atoms with Crippen molar-refractivity contribution in [2.75, 3.05) is 50.1 Å². The number of hydrogen-bond donors (Lipinski definition) is 2. The highest BCUT2D eigenvalue weighted by Crippen LogP contribution is 2.23. The van der Waals surface area contributed by atoms with Crippen molar-refractivity contribution in [1.29, 1.82) is 0 Å². The number of morpholine rings is 1. The van der Waals surface area contributed by atoms with Gasteiger partial charge in [0.25, 0.3) is 0 Å². The van der Waals surface area contributed by atoms with Gasteiger partial charge in [0.05, 0.1) is 13.2 Å². The summed E-state index contributed by atoms with van der Waals surface area (Å²) in [5.74, 6) is -0.437. The van der Waals surface area contributed by atoms with Crippen LogP contribution in [0.3, 0.4) is 0 Å². The third kappa shape index (κ3) is 7.35. The van der Waals surface area contributed by atoms with Gasteiger partial charge in [-0.15, -0.1) is 24.8 Å². The fraction of sp³-hybridized carbons (Fsp3) is 0.533. The summed E-state index contributed by atoms with van der Waals surface area (Å²) in [5, 5.41) is 5.75. The number of anilines is 2. The summed E-state index contributed by atoms with van der Waals surface area (Å²) in [5.41, 5.74) is 1.29. The number of halogens is 3. The Balaban J connectivity index is 0.00000242. The highest BCUT2D eigenvalue weighted by atomic mass is 35.5. The summed E-state index contributed by atoms with van der Waals surface area (Å²) in [4.78, 5) is 13.8. The fourth-order valence-corrected chi connectivity index (χ4v) is 2.30. The summed E-state index contributed by atoms with van der Waals surface area (Å²) >= 11 is 0. The number of rotatable bonds is 6. The monoisotopic (exact) mass is 367 g/mol. The Labute approximate surface area is 148 Å². The molecule has 0 radical (unpaired) electrons. The van der Waals surface area contributed by atoms with Crippen LogP contribution in [0.2, 0.25) is 0 Å². The van der Waals surface area contributed by atoms with Crippen LogP contribution in [-0.2, 0) is 9.53 Å². The second-order valence-corrected chi connectivity index (χ2v) is 5.05. The standard InChI is InChI=1S/C15H22FN3O2.2ClH/c1-17-4-2-3-15(20)18-13-9-12(16)10-14(11-13)19-5-7-21-8-6-19;;/h9-11,17H,2-8H2,1H3,(H,18,20);2*1H. The van der Waals surface area contributed by atoms with Gasteiger partial charge in [-0.25, -0.2) is 4.39 Å². The lowest BCUT2D eigenvalue weighted by Gasteiger charge is -2.29. The van der Waals surface area contributed by atoms with Gasteiger partial charge in [-0.1, -0.05) is 0 Å². The van der Waals surface area contributed by atoms with Crippen molar-refractivity contribution in [3.05, 3.63) is 24.0 Å². The Morgan fingerprint density at radius 2 is 1.96 bits per heavy atom. The molecule has 0 saturated carbocycles. The average Bonchev–Trinajstić information content (AvgIpc) is 2.48. The Morgan fingerprint density at radius 1 is 1.26 bits per heavy atom. The van der Waals surface area contributed by atoms with Gasteiger partial charge in [-0.3, -0.25) is 4.79 Å². The number of ether oxygens (including phenoxy) is 1. The second kappa shape index (κ2) is 11.5. The summed E-state index contributed by atoms with van der Waals surface area (Å²) in [6.07, 6.45) is 1.18. The van der Waals surface area contributed by atoms with E-state index in [9.17, 15) is 9.18 Å². The smallest absolute Gasteiger partial charge is 0.224 e. The summed E-state index contributed by atoms with van der Waals surface area (Å²) in [6, 6.07) is 4.65. The van der Waals surface area contributed by atoms with Crippen molar-refractivity contribution in [1.82, 2.24) is 5.32 Å². The van der Waals surface area contributed by atoms with E-state index < -0.39 is 0 Å². The molecular weight excluding hydrogens is 344 g/mol. The lowest BCUT2D eigenvalue weighted by Crippen LogP contribution is -2.36. The first-order valence-corrected chi connectivity index (χ1v) is 7.27. The van der Waals surface area contributed by atoms with E-state index >= 15 is 0 Å². The molecule has 1 amide bonds. The minimum Gasteiger partial charge on any atom is -0.378 e. The number of nitrogens with zero attached hydrogens (tertiary/aromatic N) is 1. The highest BCUT2D eigenvalue weighted by molar-refractivity contribution is 5.91. The van der Waals surface area contributed by atoms with Crippen molar-refractivity contribution in [3.8, 4) is 0 Å². The maximum Gasteiger partial charge on any atom is 0.224 e. The number of amides is 1. The molecule has 1 aromatic carbocycles. The summed E-state index contributed by atoms with van der Waals surface area (Å²) in [7, 11) is 1.85. The van der Waals surface area contributed by atoms with E-state index in [1.807, 2.05) is 13.1 Å². The van der Waals surface area contributed by atoms with Crippen LogP contribution in [0.25, 0.3) is 0 Å². The predicted molar refractivity (Wildman–Crippen MR) is 95.7 cm³/mol. The van der Waals surface area contributed by atoms with Crippen LogP contribution in [0.1, 0.15) is 12.8 Å². The van der Waals surface area contributed by atoms with Gasteiger partial charge in [-0.05, 0) is 38.2 Å². The quantitative estimate of drug-likeness (QED) is 0.758. The zero-order valence-electron chi connectivity index (χ0n) is 13.1. The molecule has 1 aromatic rings. The van der Waals surface area contributed by atoms with Crippen molar-refractivity contribution in [3.63, 3.8) is 0 Å². The Bertz CT molecular complexity index is 486. The minimum atomic E-state index is -0.343. The Morgan fingerprint density at radius 3 is 2.61 bits per heavy atom. The van der Waals surface area contributed by atoms with Gasteiger partial charge in [0.2, 0.25) is 5.91 Å². The van der Waals surface area contributed by atoms with Crippen LogP contribution in [0, 0.1) is 5.82 Å². The minimum absolute atomic E-state index is 0. The van der Waals surface area contributed by atoms with Gasteiger partial charge in [-0.2, -0.15) is 0 Å². The van der Waals surface area contributed by atoms with E-state index in [4.69, 9.17) is 4.74 Å². The number of carbonyl (C=O) groups excluding carboxylic acids is 1. The molecular formula is C15H24Cl2FN3O2. The largest absolute Gasteiger partial charge is 0.378 e. The summed E-state index contributed by atoms with van der Waals surface area (Å²) in [6.45, 7) is 3.54. The molecule has 0 bridgehead atoms. The number of carbonyl (C=O) groups is 1. The zero-order chi connectivity index (χ0) is 15.1. The first-order chi connectivity index (χ1) is 10.2. The van der Waals surface area contributed by atoms with E-state index in [0.29, 0.717) is 25.3 Å². The number of benzene rings is 1. The maximum atomic E-state index is 13.7. The predicted octanol–water partition coefficient (Wildman–Crippen LogP) is 2.44.